The van der Waals surface area contributed by atoms with E-state index in [1.807, 2.05) is 37.3 Å². The minimum atomic E-state index is -0.705. The fourth-order valence-corrected chi connectivity index (χ4v) is 3.76. The highest BCUT2D eigenvalue weighted by molar-refractivity contribution is 5.95. The standard InChI is InChI=1S/C23H28O4/c1-4-20(21(24)5-2)19-12-14-23(15-13-19)25-16-22(26-27-23)17(3)18-10-8-6-7-9-11-18/h6,8-11,22H,3-5,12-16H2,1-2H3. The summed E-state index contributed by atoms with van der Waals surface area (Å²) in [5.74, 6) is -0.446. The average Bonchev–Trinajstić information content (AvgIpc) is 2.99. The number of carbonyl (C=O) groups excluding carboxylic acids is 1. The van der Waals surface area contributed by atoms with Gasteiger partial charge < -0.3 is 4.74 Å². The van der Waals surface area contributed by atoms with Gasteiger partial charge in [0.1, 0.15) is 6.10 Å². The van der Waals surface area contributed by atoms with Gasteiger partial charge in [0.2, 0.25) is 5.79 Å². The third-order valence-electron chi connectivity index (χ3n) is 5.45. The van der Waals surface area contributed by atoms with Gasteiger partial charge in [0.15, 0.2) is 5.78 Å². The molecule has 3 rings (SSSR count). The number of Topliss-reactive ketones (excluding diaryl/α,β-unsaturated/α-hetero) is 1. The number of hydrogen-bond acceptors (Lipinski definition) is 4. The Hall–Kier alpha value is -1.97. The summed E-state index contributed by atoms with van der Waals surface area (Å²) in [6.45, 7) is 8.52. The Morgan fingerprint density at radius 3 is 2.67 bits per heavy atom. The van der Waals surface area contributed by atoms with Crippen LogP contribution in [-0.2, 0) is 19.3 Å². The van der Waals surface area contributed by atoms with E-state index in [-0.39, 0.29) is 11.9 Å². The molecule has 27 heavy (non-hydrogen) atoms. The maximum absolute atomic E-state index is 12.1. The molecule has 0 bridgehead atoms. The minimum Gasteiger partial charge on any atom is -0.344 e. The first kappa shape index (κ1) is 19.8. The van der Waals surface area contributed by atoms with Crippen molar-refractivity contribution in [3.8, 4) is 0 Å². The van der Waals surface area contributed by atoms with Gasteiger partial charge in [-0.2, -0.15) is 0 Å². The van der Waals surface area contributed by atoms with Crippen molar-refractivity contribution in [2.24, 2.45) is 0 Å². The molecular weight excluding hydrogens is 340 g/mol. The molecule has 1 aliphatic heterocycles. The molecule has 0 radical (unpaired) electrons. The van der Waals surface area contributed by atoms with Gasteiger partial charge in [0.25, 0.3) is 0 Å². The Kier molecular flexibility index (Phi) is 6.46. The maximum Gasteiger partial charge on any atom is 0.202 e. The van der Waals surface area contributed by atoms with Gasteiger partial charge in [0.05, 0.1) is 6.61 Å². The lowest BCUT2D eigenvalue weighted by molar-refractivity contribution is -0.484. The quantitative estimate of drug-likeness (QED) is 0.387. The molecule has 0 N–H and O–H groups in total. The third-order valence-corrected chi connectivity index (χ3v) is 5.45. The van der Waals surface area contributed by atoms with E-state index in [2.05, 4.69) is 19.2 Å². The predicted molar refractivity (Wildman–Crippen MR) is 105 cm³/mol. The lowest BCUT2D eigenvalue weighted by atomic mass is 9.84. The van der Waals surface area contributed by atoms with Crippen LogP contribution in [0.5, 0.6) is 0 Å². The first-order chi connectivity index (χ1) is 13.1. The summed E-state index contributed by atoms with van der Waals surface area (Å²) >= 11 is 0. The first-order valence-electron chi connectivity index (χ1n) is 9.79. The Bertz CT molecular complexity index is 739. The summed E-state index contributed by atoms with van der Waals surface area (Å²) in [7, 11) is 0. The highest BCUT2D eigenvalue weighted by atomic mass is 17.2. The van der Waals surface area contributed by atoms with Gasteiger partial charge in [-0.15, -0.1) is 5.73 Å². The average molecular weight is 368 g/mol. The lowest BCUT2D eigenvalue weighted by Crippen LogP contribution is -2.47. The zero-order chi connectivity index (χ0) is 19.3. The molecule has 3 aliphatic rings. The highest BCUT2D eigenvalue weighted by Gasteiger charge is 2.42. The lowest BCUT2D eigenvalue weighted by Gasteiger charge is -2.42. The smallest absolute Gasteiger partial charge is 0.202 e. The third kappa shape index (κ3) is 4.48. The van der Waals surface area contributed by atoms with E-state index in [4.69, 9.17) is 14.5 Å². The second-order valence-corrected chi connectivity index (χ2v) is 7.11. The number of carbonyl (C=O) groups is 1. The van der Waals surface area contributed by atoms with Crippen LogP contribution < -0.4 is 0 Å². The summed E-state index contributed by atoms with van der Waals surface area (Å²) in [4.78, 5) is 23.6. The second-order valence-electron chi connectivity index (χ2n) is 7.11. The molecule has 1 saturated carbocycles. The van der Waals surface area contributed by atoms with E-state index in [0.29, 0.717) is 25.9 Å². The summed E-state index contributed by atoms with van der Waals surface area (Å²) in [6, 6.07) is 0. The number of ether oxygens (including phenoxy) is 1. The van der Waals surface area contributed by atoms with E-state index in [1.54, 1.807) is 0 Å². The number of hydrogen-bond donors (Lipinski definition) is 0. The van der Waals surface area contributed by atoms with Gasteiger partial charge in [-0.1, -0.05) is 38.2 Å². The molecule has 1 atom stereocenters. The monoisotopic (exact) mass is 368 g/mol. The van der Waals surface area contributed by atoms with Crippen molar-refractivity contribution < 1.29 is 19.3 Å². The molecule has 2 fully saturated rings. The van der Waals surface area contributed by atoms with Crippen LogP contribution >= 0.6 is 0 Å². The van der Waals surface area contributed by atoms with Crippen LogP contribution in [0.15, 0.2) is 65.0 Å². The molecule has 4 nitrogen and oxygen atoms in total. The molecule has 1 heterocycles. The van der Waals surface area contributed by atoms with Crippen molar-refractivity contribution in [3.05, 3.63) is 65.0 Å². The van der Waals surface area contributed by atoms with Crippen LogP contribution in [0.1, 0.15) is 52.4 Å². The zero-order valence-corrected chi connectivity index (χ0v) is 16.3. The Morgan fingerprint density at radius 2 is 2.04 bits per heavy atom. The van der Waals surface area contributed by atoms with E-state index < -0.39 is 5.79 Å². The zero-order valence-electron chi connectivity index (χ0n) is 16.3. The van der Waals surface area contributed by atoms with Gasteiger partial charge in [-0.3, -0.25) is 4.79 Å². The van der Waals surface area contributed by atoms with Crippen molar-refractivity contribution in [3.63, 3.8) is 0 Å². The predicted octanol–water partition coefficient (Wildman–Crippen LogP) is 5.05. The molecule has 144 valence electrons. The molecule has 2 aliphatic carbocycles. The molecule has 0 aromatic heterocycles. The fourth-order valence-electron chi connectivity index (χ4n) is 3.76. The van der Waals surface area contributed by atoms with E-state index >= 15 is 0 Å². The van der Waals surface area contributed by atoms with Crippen LogP contribution in [0, 0.1) is 0 Å². The molecular formula is C23H28O4. The molecule has 0 aromatic carbocycles. The van der Waals surface area contributed by atoms with Crippen molar-refractivity contribution in [2.75, 3.05) is 6.61 Å². The molecule has 1 unspecified atom stereocenters. The molecule has 1 saturated heterocycles. The maximum atomic E-state index is 12.1. The summed E-state index contributed by atoms with van der Waals surface area (Å²) in [5.41, 5.74) is 7.07. The van der Waals surface area contributed by atoms with Crippen LogP contribution in [0.25, 0.3) is 0 Å². The van der Waals surface area contributed by atoms with Crippen LogP contribution in [-0.4, -0.2) is 24.3 Å². The Balaban J connectivity index is 1.59. The van der Waals surface area contributed by atoms with Gasteiger partial charge in [0, 0.05) is 19.3 Å². The Morgan fingerprint density at radius 1 is 1.26 bits per heavy atom. The molecule has 4 heteroatoms. The van der Waals surface area contributed by atoms with Crippen molar-refractivity contribution in [1.29, 1.82) is 0 Å². The molecule has 0 aromatic rings. The SMILES string of the molecule is C=C(C1=CC=C=CC=C1)C1COC2(CCC(=C(CC)C(=O)CC)CC2)OO1. The molecule has 1 spiro atoms. The number of ketones is 1. The van der Waals surface area contributed by atoms with Crippen LogP contribution in [0.3, 0.4) is 0 Å². The van der Waals surface area contributed by atoms with Crippen LogP contribution in [0.4, 0.5) is 0 Å². The van der Waals surface area contributed by atoms with Crippen molar-refractivity contribution >= 4 is 5.78 Å². The van der Waals surface area contributed by atoms with Crippen molar-refractivity contribution in [2.45, 2.75) is 64.3 Å². The van der Waals surface area contributed by atoms with Gasteiger partial charge in [-0.05, 0) is 54.2 Å². The van der Waals surface area contributed by atoms with Gasteiger partial charge in [-0.25, -0.2) is 9.78 Å². The van der Waals surface area contributed by atoms with E-state index in [1.165, 1.54) is 5.57 Å². The fraction of sp³-hybridized carbons (Fsp3) is 0.478. The Labute approximate surface area is 161 Å². The summed E-state index contributed by atoms with van der Waals surface area (Å²) in [5, 5.41) is 0. The normalized spacial score (nSPS) is 27.4. The van der Waals surface area contributed by atoms with E-state index in [9.17, 15) is 4.79 Å². The first-order valence-corrected chi connectivity index (χ1v) is 9.79. The molecule has 0 amide bonds. The van der Waals surface area contributed by atoms with Crippen molar-refractivity contribution in [1.82, 2.24) is 0 Å². The minimum absolute atomic E-state index is 0.259. The number of allylic oxidation sites excluding steroid dienone is 6. The van der Waals surface area contributed by atoms with Crippen LogP contribution in [0.2, 0.25) is 0 Å². The second kappa shape index (κ2) is 8.81. The number of rotatable bonds is 5. The topological polar surface area (TPSA) is 44.8 Å². The summed E-state index contributed by atoms with van der Waals surface area (Å²) < 4.78 is 6.11. The van der Waals surface area contributed by atoms with E-state index in [0.717, 1.165) is 36.0 Å². The summed E-state index contributed by atoms with van der Waals surface area (Å²) in [6.07, 6.45) is 13.6. The highest BCUT2D eigenvalue weighted by Crippen LogP contribution is 2.40. The van der Waals surface area contributed by atoms with Gasteiger partial charge >= 0.3 is 0 Å². The largest absolute Gasteiger partial charge is 0.344 e.